The molecular weight excluding hydrogens is 331 g/mol. The first-order valence-electron chi connectivity index (χ1n) is 6.00. The van der Waals surface area contributed by atoms with Crippen molar-refractivity contribution < 1.29 is 12.8 Å². The molecule has 0 fully saturated rings. The third-order valence-electron chi connectivity index (χ3n) is 2.61. The average Bonchev–Trinajstić information content (AvgIpc) is 2.43. The van der Waals surface area contributed by atoms with Crippen LogP contribution in [0.5, 0.6) is 0 Å². The van der Waals surface area contributed by atoms with Crippen molar-refractivity contribution in [2.75, 3.05) is 10.0 Å². The highest BCUT2D eigenvalue weighted by atomic mass is 35.5. The molecule has 0 aliphatic heterocycles. The van der Waals surface area contributed by atoms with Crippen LogP contribution < -0.4 is 10.0 Å². The van der Waals surface area contributed by atoms with Crippen molar-refractivity contribution in [1.29, 1.82) is 0 Å². The number of halogens is 2. The molecule has 1 heterocycles. The predicted molar refractivity (Wildman–Crippen MR) is 84.1 cm³/mol. The van der Waals surface area contributed by atoms with Gasteiger partial charge in [-0.05, 0) is 19.1 Å². The molecule has 2 N–H and O–H groups in total. The normalized spacial score (nSPS) is 11.0. The summed E-state index contributed by atoms with van der Waals surface area (Å²) in [5.74, 6) is -0.335. The molecule has 0 spiro atoms. The summed E-state index contributed by atoms with van der Waals surface area (Å²) in [5.41, 5.74) is 0.296. The zero-order valence-electron chi connectivity index (χ0n) is 11.5. The molecule has 1 aromatic carbocycles. The van der Waals surface area contributed by atoms with Crippen LogP contribution in [0.2, 0.25) is 5.02 Å². The van der Waals surface area contributed by atoms with E-state index in [0.29, 0.717) is 0 Å². The third-order valence-corrected chi connectivity index (χ3v) is 4.29. The Labute approximate surface area is 132 Å². The van der Waals surface area contributed by atoms with Crippen LogP contribution in [-0.2, 0) is 10.0 Å². The summed E-state index contributed by atoms with van der Waals surface area (Å²) in [6.07, 6.45) is 2.65. The summed E-state index contributed by atoms with van der Waals surface area (Å²) >= 11 is 5.93. The van der Waals surface area contributed by atoms with Gasteiger partial charge in [-0.2, -0.15) is 0 Å². The molecule has 0 aliphatic carbocycles. The van der Waals surface area contributed by atoms with E-state index in [-0.39, 0.29) is 27.1 Å². The molecule has 2 aromatic rings. The molecule has 0 saturated carbocycles. The van der Waals surface area contributed by atoms with Gasteiger partial charge in [0.25, 0.3) is 10.0 Å². The van der Waals surface area contributed by atoms with Gasteiger partial charge in [-0.15, -0.1) is 0 Å². The molecule has 6 nitrogen and oxygen atoms in total. The van der Waals surface area contributed by atoms with Crippen LogP contribution in [0.15, 0.2) is 42.2 Å². The Morgan fingerprint density at radius 1 is 1.36 bits per heavy atom. The largest absolute Gasteiger partial charge is 0.337 e. The topological polar surface area (TPSA) is 84.0 Å². The van der Waals surface area contributed by atoms with Gasteiger partial charge in [0.15, 0.2) is 5.82 Å². The van der Waals surface area contributed by atoms with Crippen LogP contribution in [0.4, 0.5) is 21.6 Å². The minimum absolute atomic E-state index is 0.0117. The third kappa shape index (κ3) is 3.71. The number of rotatable bonds is 5. The predicted octanol–water partition coefficient (Wildman–Crippen LogP) is 3.29. The number of hydrogen-bond acceptors (Lipinski definition) is 5. The van der Waals surface area contributed by atoms with Gasteiger partial charge in [0.1, 0.15) is 17.2 Å². The van der Waals surface area contributed by atoms with Crippen molar-refractivity contribution in [2.24, 2.45) is 0 Å². The summed E-state index contributed by atoms with van der Waals surface area (Å²) in [6.45, 7) is 4.70. The van der Waals surface area contributed by atoms with E-state index in [1.165, 1.54) is 31.6 Å². The number of aromatic nitrogens is 2. The maximum absolute atomic E-state index is 13.4. The second kappa shape index (κ2) is 6.29. The standard InChI is InChI=1S/C13H12ClFN4O2S/c1-8(2)22(20,21)19-12-5-9(15)3-4-11(12)18-13-10(14)6-16-7-17-13/h3-7,19H,1H2,2H3,(H,16,17,18). The van der Waals surface area contributed by atoms with E-state index in [2.05, 4.69) is 26.6 Å². The second-order valence-electron chi connectivity index (χ2n) is 4.34. The van der Waals surface area contributed by atoms with Crippen molar-refractivity contribution >= 4 is 38.8 Å². The van der Waals surface area contributed by atoms with Crippen molar-refractivity contribution in [3.63, 3.8) is 0 Å². The minimum atomic E-state index is -3.81. The number of anilines is 3. The van der Waals surface area contributed by atoms with Gasteiger partial charge in [-0.1, -0.05) is 18.2 Å². The van der Waals surface area contributed by atoms with Crippen LogP contribution in [0.3, 0.4) is 0 Å². The first-order chi connectivity index (χ1) is 10.3. The number of nitrogens with zero attached hydrogens (tertiary/aromatic N) is 2. The van der Waals surface area contributed by atoms with Crippen LogP contribution in [0.25, 0.3) is 0 Å². The second-order valence-corrected chi connectivity index (χ2v) is 6.66. The van der Waals surface area contributed by atoms with E-state index in [0.717, 1.165) is 6.07 Å². The van der Waals surface area contributed by atoms with Gasteiger partial charge < -0.3 is 5.32 Å². The van der Waals surface area contributed by atoms with Crippen LogP contribution in [0.1, 0.15) is 6.92 Å². The Morgan fingerprint density at radius 3 is 2.73 bits per heavy atom. The molecule has 0 bridgehead atoms. The summed E-state index contributed by atoms with van der Waals surface area (Å²) < 4.78 is 39.4. The lowest BCUT2D eigenvalue weighted by Gasteiger charge is -2.14. The molecule has 116 valence electrons. The van der Waals surface area contributed by atoms with Gasteiger partial charge >= 0.3 is 0 Å². The summed E-state index contributed by atoms with van der Waals surface area (Å²) in [5, 5.41) is 3.06. The molecule has 9 heteroatoms. The van der Waals surface area contributed by atoms with E-state index in [4.69, 9.17) is 11.6 Å². The zero-order chi connectivity index (χ0) is 16.3. The van der Waals surface area contributed by atoms with Crippen LogP contribution in [-0.4, -0.2) is 18.4 Å². The van der Waals surface area contributed by atoms with Gasteiger partial charge in [0.2, 0.25) is 0 Å². The molecule has 0 aliphatic rings. The smallest absolute Gasteiger partial charge is 0.257 e. The lowest BCUT2D eigenvalue weighted by molar-refractivity contribution is 0.607. The maximum Gasteiger partial charge on any atom is 0.257 e. The maximum atomic E-state index is 13.4. The van der Waals surface area contributed by atoms with Crippen molar-refractivity contribution in [3.8, 4) is 0 Å². The Hall–Kier alpha value is -2.19. The molecule has 0 unspecified atom stereocenters. The molecule has 0 saturated heterocycles. The van der Waals surface area contributed by atoms with Gasteiger partial charge in [0.05, 0.1) is 22.5 Å². The van der Waals surface area contributed by atoms with E-state index >= 15 is 0 Å². The van der Waals surface area contributed by atoms with E-state index in [1.54, 1.807) is 0 Å². The molecule has 0 radical (unpaired) electrons. The molecule has 1 aromatic heterocycles. The number of allylic oxidation sites excluding steroid dienone is 1. The Kier molecular flexibility index (Phi) is 4.62. The SMILES string of the molecule is C=C(C)S(=O)(=O)Nc1cc(F)ccc1Nc1ncncc1Cl. The number of nitrogens with one attached hydrogen (secondary N) is 2. The fourth-order valence-electron chi connectivity index (χ4n) is 1.47. The summed E-state index contributed by atoms with van der Waals surface area (Å²) in [4.78, 5) is 7.57. The Bertz CT molecular complexity index is 827. The highest BCUT2D eigenvalue weighted by molar-refractivity contribution is 7.96. The minimum Gasteiger partial charge on any atom is -0.337 e. The quantitative estimate of drug-likeness (QED) is 0.871. The monoisotopic (exact) mass is 342 g/mol. The fourth-order valence-corrected chi connectivity index (χ4v) is 2.26. The van der Waals surface area contributed by atoms with Crippen molar-refractivity contribution in [3.05, 3.63) is 53.0 Å². The fraction of sp³-hybridized carbons (Fsp3) is 0.0769. The van der Waals surface area contributed by atoms with Crippen molar-refractivity contribution in [2.45, 2.75) is 6.92 Å². The Morgan fingerprint density at radius 2 is 2.09 bits per heavy atom. The zero-order valence-corrected chi connectivity index (χ0v) is 13.0. The van der Waals surface area contributed by atoms with E-state index in [9.17, 15) is 12.8 Å². The molecule has 2 rings (SSSR count). The molecular formula is C13H12ClFN4O2S. The molecule has 22 heavy (non-hydrogen) atoms. The van der Waals surface area contributed by atoms with Crippen LogP contribution in [0, 0.1) is 5.82 Å². The first kappa shape index (κ1) is 16.2. The van der Waals surface area contributed by atoms with Crippen molar-refractivity contribution in [1.82, 2.24) is 9.97 Å². The number of hydrogen-bond donors (Lipinski definition) is 2. The van der Waals surface area contributed by atoms with Gasteiger partial charge in [-0.3, -0.25) is 4.72 Å². The highest BCUT2D eigenvalue weighted by Crippen LogP contribution is 2.29. The lowest BCUT2D eigenvalue weighted by atomic mass is 10.2. The highest BCUT2D eigenvalue weighted by Gasteiger charge is 2.15. The summed E-state index contributed by atoms with van der Waals surface area (Å²) in [6, 6.07) is 3.58. The first-order valence-corrected chi connectivity index (χ1v) is 7.86. The molecule has 0 atom stereocenters. The van der Waals surface area contributed by atoms with E-state index < -0.39 is 15.8 Å². The number of sulfonamides is 1. The molecule has 0 amide bonds. The summed E-state index contributed by atoms with van der Waals surface area (Å²) in [7, 11) is -3.81. The van der Waals surface area contributed by atoms with Crippen LogP contribution >= 0.6 is 11.6 Å². The van der Waals surface area contributed by atoms with E-state index in [1.807, 2.05) is 0 Å². The number of benzene rings is 1. The Balaban J connectivity index is 2.41. The van der Waals surface area contributed by atoms with Gasteiger partial charge in [0, 0.05) is 6.07 Å². The average molecular weight is 343 g/mol. The lowest BCUT2D eigenvalue weighted by Crippen LogP contribution is -2.14. The van der Waals surface area contributed by atoms with Gasteiger partial charge in [-0.25, -0.2) is 22.8 Å².